The van der Waals surface area contributed by atoms with E-state index in [1.807, 2.05) is 83.1 Å². The van der Waals surface area contributed by atoms with Crippen molar-refractivity contribution >= 4 is 11.8 Å². The SMILES string of the molecule is CCC(C(=O)NC(C)C)N(Cc1cccc(C)c1)C(=O)COc1ccccc1C. The fourth-order valence-corrected chi connectivity index (χ4v) is 3.25. The Morgan fingerprint density at radius 1 is 1.07 bits per heavy atom. The number of carbonyl (C=O) groups is 2. The molecule has 2 rings (SSSR count). The molecule has 0 radical (unpaired) electrons. The lowest BCUT2D eigenvalue weighted by Crippen LogP contribution is -2.51. The van der Waals surface area contributed by atoms with Crippen LogP contribution in [0.2, 0.25) is 0 Å². The number of hydrogen-bond donors (Lipinski definition) is 1. The number of ether oxygens (including phenoxy) is 1. The van der Waals surface area contributed by atoms with Gasteiger partial charge in [0.05, 0.1) is 0 Å². The number of rotatable bonds is 9. The Bertz CT molecular complexity index is 832. The number of para-hydroxylation sites is 1. The molecule has 2 amide bonds. The van der Waals surface area contributed by atoms with E-state index in [2.05, 4.69) is 5.32 Å². The molecule has 0 aliphatic carbocycles. The summed E-state index contributed by atoms with van der Waals surface area (Å²) in [6.45, 7) is 9.96. The van der Waals surface area contributed by atoms with Crippen molar-refractivity contribution in [2.75, 3.05) is 6.61 Å². The normalized spacial score (nSPS) is 11.8. The molecular formula is C24H32N2O3. The Hall–Kier alpha value is -2.82. The van der Waals surface area contributed by atoms with Crippen molar-refractivity contribution in [3.8, 4) is 5.75 Å². The smallest absolute Gasteiger partial charge is 0.261 e. The van der Waals surface area contributed by atoms with E-state index in [9.17, 15) is 9.59 Å². The van der Waals surface area contributed by atoms with E-state index >= 15 is 0 Å². The average Bonchev–Trinajstić information content (AvgIpc) is 2.66. The second-order valence-electron chi connectivity index (χ2n) is 7.65. The van der Waals surface area contributed by atoms with E-state index in [-0.39, 0.29) is 24.5 Å². The quantitative estimate of drug-likeness (QED) is 0.697. The van der Waals surface area contributed by atoms with Crippen LogP contribution in [-0.2, 0) is 16.1 Å². The van der Waals surface area contributed by atoms with Crippen LogP contribution in [0.15, 0.2) is 48.5 Å². The first-order valence-electron chi connectivity index (χ1n) is 10.2. The Balaban J connectivity index is 2.23. The second-order valence-corrected chi connectivity index (χ2v) is 7.65. The van der Waals surface area contributed by atoms with Gasteiger partial charge in [-0.25, -0.2) is 0 Å². The summed E-state index contributed by atoms with van der Waals surface area (Å²) >= 11 is 0. The van der Waals surface area contributed by atoms with Crippen LogP contribution in [0, 0.1) is 13.8 Å². The Morgan fingerprint density at radius 3 is 2.41 bits per heavy atom. The first kappa shape index (κ1) is 22.5. The highest BCUT2D eigenvalue weighted by Gasteiger charge is 2.29. The number of nitrogens with one attached hydrogen (secondary N) is 1. The average molecular weight is 397 g/mol. The lowest BCUT2D eigenvalue weighted by molar-refractivity contribution is -0.143. The summed E-state index contributed by atoms with van der Waals surface area (Å²) in [5, 5.41) is 2.94. The van der Waals surface area contributed by atoms with Gasteiger partial charge in [0, 0.05) is 12.6 Å². The molecular weight excluding hydrogens is 364 g/mol. The standard InChI is InChI=1S/C24H32N2O3/c1-6-21(24(28)25-17(2)3)26(15-20-12-9-10-18(4)14-20)23(27)16-29-22-13-8-7-11-19(22)5/h7-14,17,21H,6,15-16H2,1-5H3,(H,25,28). The molecule has 0 bridgehead atoms. The van der Waals surface area contributed by atoms with Gasteiger partial charge >= 0.3 is 0 Å². The van der Waals surface area contributed by atoms with Crippen molar-refractivity contribution in [2.24, 2.45) is 0 Å². The van der Waals surface area contributed by atoms with Crippen LogP contribution in [0.25, 0.3) is 0 Å². The van der Waals surface area contributed by atoms with Crippen molar-refractivity contribution in [3.63, 3.8) is 0 Å². The lowest BCUT2D eigenvalue weighted by Gasteiger charge is -2.31. The summed E-state index contributed by atoms with van der Waals surface area (Å²) in [5.74, 6) is 0.330. The van der Waals surface area contributed by atoms with Crippen LogP contribution in [-0.4, -0.2) is 35.4 Å². The zero-order valence-corrected chi connectivity index (χ0v) is 18.1. The highest BCUT2D eigenvalue weighted by atomic mass is 16.5. The second kappa shape index (κ2) is 10.6. The van der Waals surface area contributed by atoms with E-state index in [0.717, 1.165) is 16.7 Å². The molecule has 1 unspecified atom stereocenters. The molecule has 0 heterocycles. The maximum Gasteiger partial charge on any atom is 0.261 e. The number of aryl methyl sites for hydroxylation is 2. The highest BCUT2D eigenvalue weighted by molar-refractivity contribution is 5.88. The predicted octanol–water partition coefficient (Wildman–Crippen LogP) is 4.01. The third-order valence-corrected chi connectivity index (χ3v) is 4.70. The number of hydrogen-bond acceptors (Lipinski definition) is 3. The molecule has 0 aromatic heterocycles. The molecule has 1 atom stereocenters. The van der Waals surface area contributed by atoms with Gasteiger partial charge in [-0.1, -0.05) is 55.0 Å². The first-order valence-corrected chi connectivity index (χ1v) is 10.2. The van der Waals surface area contributed by atoms with Crippen LogP contribution < -0.4 is 10.1 Å². The van der Waals surface area contributed by atoms with Crippen molar-refractivity contribution in [1.82, 2.24) is 10.2 Å². The van der Waals surface area contributed by atoms with Gasteiger partial charge in [-0.2, -0.15) is 0 Å². The number of carbonyl (C=O) groups excluding carboxylic acids is 2. The summed E-state index contributed by atoms with van der Waals surface area (Å²) in [6.07, 6.45) is 0.528. The molecule has 0 saturated heterocycles. The molecule has 0 fully saturated rings. The van der Waals surface area contributed by atoms with Gasteiger partial charge in [-0.3, -0.25) is 9.59 Å². The topological polar surface area (TPSA) is 58.6 Å². The van der Waals surface area contributed by atoms with Gasteiger partial charge in [0.1, 0.15) is 11.8 Å². The molecule has 0 spiro atoms. The number of benzene rings is 2. The van der Waals surface area contributed by atoms with Crippen LogP contribution >= 0.6 is 0 Å². The summed E-state index contributed by atoms with van der Waals surface area (Å²) in [6, 6.07) is 15.0. The minimum absolute atomic E-state index is 0.00990. The van der Waals surface area contributed by atoms with Gasteiger partial charge in [0.15, 0.2) is 6.61 Å². The van der Waals surface area contributed by atoms with Gasteiger partial charge in [-0.15, -0.1) is 0 Å². The van der Waals surface area contributed by atoms with Gasteiger partial charge < -0.3 is 15.0 Å². The van der Waals surface area contributed by atoms with Crippen LogP contribution in [0.1, 0.15) is 43.9 Å². The summed E-state index contributed by atoms with van der Waals surface area (Å²) in [4.78, 5) is 27.5. The summed E-state index contributed by atoms with van der Waals surface area (Å²) < 4.78 is 5.77. The summed E-state index contributed by atoms with van der Waals surface area (Å²) in [7, 11) is 0. The fourth-order valence-electron chi connectivity index (χ4n) is 3.25. The number of nitrogens with zero attached hydrogens (tertiary/aromatic N) is 1. The molecule has 0 aliphatic heterocycles. The molecule has 2 aromatic carbocycles. The van der Waals surface area contributed by atoms with Crippen molar-refractivity contribution in [1.29, 1.82) is 0 Å². The van der Waals surface area contributed by atoms with Gasteiger partial charge in [-0.05, 0) is 51.3 Å². The van der Waals surface area contributed by atoms with Crippen LogP contribution in [0.3, 0.4) is 0 Å². The van der Waals surface area contributed by atoms with Crippen LogP contribution in [0.5, 0.6) is 5.75 Å². The van der Waals surface area contributed by atoms with Crippen molar-refractivity contribution in [2.45, 2.75) is 59.7 Å². The molecule has 0 saturated carbocycles. The Kier molecular flexibility index (Phi) is 8.25. The van der Waals surface area contributed by atoms with E-state index in [1.165, 1.54) is 0 Å². The number of amides is 2. The lowest BCUT2D eigenvalue weighted by atomic mass is 10.1. The minimum atomic E-state index is -0.550. The van der Waals surface area contributed by atoms with Gasteiger partial charge in [0.25, 0.3) is 5.91 Å². The minimum Gasteiger partial charge on any atom is -0.484 e. The van der Waals surface area contributed by atoms with Crippen molar-refractivity contribution < 1.29 is 14.3 Å². The first-order chi connectivity index (χ1) is 13.8. The predicted molar refractivity (Wildman–Crippen MR) is 116 cm³/mol. The molecule has 29 heavy (non-hydrogen) atoms. The molecule has 156 valence electrons. The molecule has 5 heteroatoms. The van der Waals surface area contributed by atoms with E-state index in [4.69, 9.17) is 4.74 Å². The Morgan fingerprint density at radius 2 is 1.79 bits per heavy atom. The molecule has 2 aromatic rings. The van der Waals surface area contributed by atoms with Gasteiger partial charge in [0.2, 0.25) is 5.91 Å². The maximum atomic E-state index is 13.1. The Labute approximate surface area is 174 Å². The maximum absolute atomic E-state index is 13.1. The third kappa shape index (κ3) is 6.63. The fraction of sp³-hybridized carbons (Fsp3) is 0.417. The zero-order chi connectivity index (χ0) is 21.4. The summed E-state index contributed by atoms with van der Waals surface area (Å²) in [5.41, 5.74) is 3.07. The molecule has 5 nitrogen and oxygen atoms in total. The third-order valence-electron chi connectivity index (χ3n) is 4.70. The molecule has 0 aliphatic rings. The van der Waals surface area contributed by atoms with Crippen molar-refractivity contribution in [3.05, 3.63) is 65.2 Å². The monoisotopic (exact) mass is 396 g/mol. The van der Waals surface area contributed by atoms with E-state index in [0.29, 0.717) is 18.7 Å². The van der Waals surface area contributed by atoms with E-state index in [1.54, 1.807) is 4.90 Å². The molecule has 1 N–H and O–H groups in total. The van der Waals surface area contributed by atoms with E-state index < -0.39 is 6.04 Å². The van der Waals surface area contributed by atoms with Crippen LogP contribution in [0.4, 0.5) is 0 Å². The zero-order valence-electron chi connectivity index (χ0n) is 18.1. The largest absolute Gasteiger partial charge is 0.484 e. The highest BCUT2D eigenvalue weighted by Crippen LogP contribution is 2.18.